The maximum atomic E-state index is 5.24. The number of fused-ring (bicyclic) bond motifs is 1. The van der Waals surface area contributed by atoms with Crippen LogP contribution in [0.4, 0.5) is 5.95 Å². The van der Waals surface area contributed by atoms with Crippen LogP contribution in [0.1, 0.15) is 29.6 Å². The molecule has 0 fully saturated rings. The van der Waals surface area contributed by atoms with Crippen molar-refractivity contribution >= 4 is 5.95 Å². The van der Waals surface area contributed by atoms with Gasteiger partial charge in [-0.15, -0.1) is 0 Å². The van der Waals surface area contributed by atoms with E-state index in [0.717, 1.165) is 12.2 Å². The van der Waals surface area contributed by atoms with Crippen molar-refractivity contribution in [3.05, 3.63) is 65.7 Å². The molecule has 2 heterocycles. The maximum absolute atomic E-state index is 5.24. The molecule has 1 aromatic heterocycles. The third-order valence-electron chi connectivity index (χ3n) is 4.25. The summed E-state index contributed by atoms with van der Waals surface area (Å²) in [7, 11) is 1.67. The van der Waals surface area contributed by atoms with Crippen LogP contribution in [0, 0.1) is 0 Å². The summed E-state index contributed by atoms with van der Waals surface area (Å²) in [5.41, 5.74) is 2.40. The van der Waals surface area contributed by atoms with Crippen LogP contribution in [-0.2, 0) is 0 Å². The SMILES string of the molecule is COc1ccc([C@@H]2C[C@H](c3ccccc3)Nc3nnnn32)cc1. The van der Waals surface area contributed by atoms with E-state index in [-0.39, 0.29) is 12.1 Å². The van der Waals surface area contributed by atoms with E-state index in [1.165, 1.54) is 11.1 Å². The number of hydrogen-bond donors (Lipinski definition) is 1. The Morgan fingerprint density at radius 3 is 2.57 bits per heavy atom. The molecule has 0 bridgehead atoms. The molecule has 1 aliphatic rings. The van der Waals surface area contributed by atoms with Crippen LogP contribution in [0.25, 0.3) is 0 Å². The summed E-state index contributed by atoms with van der Waals surface area (Å²) in [4.78, 5) is 0. The Bertz CT molecular complexity index is 784. The zero-order valence-electron chi connectivity index (χ0n) is 12.8. The van der Waals surface area contributed by atoms with Crippen LogP contribution in [0.3, 0.4) is 0 Å². The van der Waals surface area contributed by atoms with E-state index in [0.29, 0.717) is 5.95 Å². The van der Waals surface area contributed by atoms with Crippen molar-refractivity contribution in [1.82, 2.24) is 20.2 Å². The fourth-order valence-electron chi connectivity index (χ4n) is 3.04. The maximum Gasteiger partial charge on any atom is 0.243 e. The zero-order valence-corrected chi connectivity index (χ0v) is 12.8. The standard InChI is InChI=1S/C17H17N5O/c1-23-14-9-7-13(8-10-14)16-11-15(12-5-3-2-4-6-12)18-17-19-20-21-22(16)17/h2-10,15-16H,11H2,1H3,(H,18,19,21)/t15-,16+/m1/s1. The highest BCUT2D eigenvalue weighted by atomic mass is 16.5. The smallest absolute Gasteiger partial charge is 0.243 e. The van der Waals surface area contributed by atoms with E-state index in [9.17, 15) is 0 Å². The van der Waals surface area contributed by atoms with E-state index < -0.39 is 0 Å². The van der Waals surface area contributed by atoms with Crippen molar-refractivity contribution in [2.24, 2.45) is 0 Å². The topological polar surface area (TPSA) is 64.9 Å². The molecule has 4 rings (SSSR count). The number of nitrogens with zero attached hydrogens (tertiary/aromatic N) is 4. The van der Waals surface area contributed by atoms with Crippen LogP contribution in [0.5, 0.6) is 5.75 Å². The first kappa shape index (κ1) is 13.8. The Hall–Kier alpha value is -2.89. The molecular formula is C17H17N5O. The molecule has 0 spiro atoms. The van der Waals surface area contributed by atoms with E-state index in [4.69, 9.17) is 4.74 Å². The van der Waals surface area contributed by atoms with Gasteiger partial charge >= 0.3 is 0 Å². The Kier molecular flexibility index (Phi) is 3.42. The lowest BCUT2D eigenvalue weighted by Crippen LogP contribution is -2.28. The number of nitrogens with one attached hydrogen (secondary N) is 1. The van der Waals surface area contributed by atoms with Crippen LogP contribution >= 0.6 is 0 Å². The van der Waals surface area contributed by atoms with E-state index in [1.54, 1.807) is 7.11 Å². The van der Waals surface area contributed by atoms with Gasteiger partial charge in [-0.2, -0.15) is 0 Å². The fourth-order valence-corrected chi connectivity index (χ4v) is 3.04. The third-order valence-corrected chi connectivity index (χ3v) is 4.25. The van der Waals surface area contributed by atoms with Crippen molar-refractivity contribution < 1.29 is 4.74 Å². The molecule has 6 nitrogen and oxygen atoms in total. The van der Waals surface area contributed by atoms with Gasteiger partial charge < -0.3 is 10.1 Å². The van der Waals surface area contributed by atoms with E-state index in [1.807, 2.05) is 22.9 Å². The van der Waals surface area contributed by atoms with Gasteiger partial charge in [0, 0.05) is 0 Å². The molecule has 3 aromatic rings. The van der Waals surface area contributed by atoms with E-state index >= 15 is 0 Å². The number of anilines is 1. The second kappa shape index (κ2) is 5.72. The lowest BCUT2D eigenvalue weighted by atomic mass is 9.93. The average molecular weight is 307 g/mol. The van der Waals surface area contributed by atoms with Crippen molar-refractivity contribution in [3.8, 4) is 5.75 Å². The highest BCUT2D eigenvalue weighted by Gasteiger charge is 2.30. The van der Waals surface area contributed by atoms with Gasteiger partial charge in [0.05, 0.1) is 19.2 Å². The monoisotopic (exact) mass is 307 g/mol. The first-order valence-electron chi connectivity index (χ1n) is 7.58. The highest BCUT2D eigenvalue weighted by Crippen LogP contribution is 2.37. The molecule has 0 radical (unpaired) electrons. The summed E-state index contributed by atoms with van der Waals surface area (Å²) >= 11 is 0. The predicted molar refractivity (Wildman–Crippen MR) is 86.4 cm³/mol. The number of benzene rings is 2. The molecule has 116 valence electrons. The summed E-state index contributed by atoms with van der Waals surface area (Å²) in [6.45, 7) is 0. The Morgan fingerprint density at radius 1 is 1.04 bits per heavy atom. The van der Waals surface area contributed by atoms with Crippen LogP contribution in [0.2, 0.25) is 0 Å². The van der Waals surface area contributed by atoms with Crippen LogP contribution in [-0.4, -0.2) is 27.3 Å². The van der Waals surface area contributed by atoms with Gasteiger partial charge in [-0.05, 0) is 40.1 Å². The molecule has 1 aliphatic heterocycles. The normalized spacial score (nSPS) is 19.7. The number of methoxy groups -OCH3 is 1. The molecule has 2 atom stereocenters. The zero-order chi connectivity index (χ0) is 15.6. The minimum Gasteiger partial charge on any atom is -0.497 e. The minimum absolute atomic E-state index is 0.0948. The molecule has 0 saturated heterocycles. The van der Waals surface area contributed by atoms with Gasteiger partial charge in [-0.3, -0.25) is 0 Å². The van der Waals surface area contributed by atoms with Crippen LogP contribution in [0.15, 0.2) is 54.6 Å². The van der Waals surface area contributed by atoms with Gasteiger partial charge in [0.1, 0.15) is 5.75 Å². The number of aromatic nitrogens is 4. The lowest BCUT2D eigenvalue weighted by molar-refractivity contribution is 0.410. The summed E-state index contributed by atoms with van der Waals surface area (Å²) in [6.07, 6.45) is 0.883. The van der Waals surface area contributed by atoms with Gasteiger partial charge in [0.2, 0.25) is 5.95 Å². The van der Waals surface area contributed by atoms with Crippen LogP contribution < -0.4 is 10.1 Å². The number of rotatable bonds is 3. The first-order chi connectivity index (χ1) is 11.3. The summed E-state index contributed by atoms with van der Waals surface area (Å²) in [5, 5.41) is 15.5. The lowest BCUT2D eigenvalue weighted by Gasteiger charge is -2.31. The molecule has 2 aromatic carbocycles. The fraction of sp³-hybridized carbons (Fsp3) is 0.235. The molecule has 0 unspecified atom stereocenters. The molecule has 0 saturated carbocycles. The third kappa shape index (κ3) is 2.52. The van der Waals surface area contributed by atoms with Gasteiger partial charge in [-0.1, -0.05) is 47.6 Å². The molecule has 6 heteroatoms. The van der Waals surface area contributed by atoms with Gasteiger partial charge in [-0.25, -0.2) is 4.68 Å². The van der Waals surface area contributed by atoms with Crippen molar-refractivity contribution in [2.75, 3.05) is 12.4 Å². The quantitative estimate of drug-likeness (QED) is 0.806. The molecule has 0 amide bonds. The molecular weight excluding hydrogens is 290 g/mol. The Balaban J connectivity index is 1.70. The largest absolute Gasteiger partial charge is 0.497 e. The van der Waals surface area contributed by atoms with Crippen molar-refractivity contribution in [2.45, 2.75) is 18.5 Å². The van der Waals surface area contributed by atoms with E-state index in [2.05, 4.69) is 57.2 Å². The summed E-state index contributed by atoms with van der Waals surface area (Å²) < 4.78 is 7.09. The Morgan fingerprint density at radius 2 is 1.83 bits per heavy atom. The molecule has 1 N–H and O–H groups in total. The number of tetrazole rings is 1. The van der Waals surface area contributed by atoms with Gasteiger partial charge in [0.25, 0.3) is 0 Å². The first-order valence-corrected chi connectivity index (χ1v) is 7.58. The van der Waals surface area contributed by atoms with Crippen molar-refractivity contribution in [3.63, 3.8) is 0 Å². The second-order valence-electron chi connectivity index (χ2n) is 5.58. The minimum atomic E-state index is 0.0948. The predicted octanol–water partition coefficient (Wildman–Crippen LogP) is 2.83. The number of ether oxygens (including phenoxy) is 1. The summed E-state index contributed by atoms with van der Waals surface area (Å²) in [5.74, 6) is 1.55. The highest BCUT2D eigenvalue weighted by molar-refractivity contribution is 5.38. The van der Waals surface area contributed by atoms with Gasteiger partial charge in [0.15, 0.2) is 0 Å². The Labute approximate surface area is 134 Å². The summed E-state index contributed by atoms with van der Waals surface area (Å²) in [6, 6.07) is 18.7. The molecule has 0 aliphatic carbocycles. The molecule has 23 heavy (non-hydrogen) atoms. The van der Waals surface area contributed by atoms with Crippen molar-refractivity contribution in [1.29, 1.82) is 0 Å². The number of hydrogen-bond acceptors (Lipinski definition) is 5. The second-order valence-corrected chi connectivity index (χ2v) is 5.58. The average Bonchev–Trinajstić information content (AvgIpc) is 3.10.